The van der Waals surface area contributed by atoms with Crippen LogP contribution in [0.4, 0.5) is 39.5 Å². The van der Waals surface area contributed by atoms with Gasteiger partial charge in [-0.1, -0.05) is 48.5 Å². The third kappa shape index (κ3) is 16.4. The largest absolute Gasteiger partial charge is 1.00 e. The molecule has 8 aromatic rings. The second kappa shape index (κ2) is 27.4. The van der Waals surface area contributed by atoms with Crippen LogP contribution in [0.25, 0.3) is 34.0 Å². The monoisotopic (exact) mass is 1240 g/mol. The number of hydrogen-bond donors (Lipinski definition) is 1. The predicted octanol–water partition coefficient (Wildman–Crippen LogP) is 11.8. The number of methoxy groups -OCH3 is 1. The van der Waals surface area contributed by atoms with E-state index < -0.39 is 52.4 Å². The fourth-order valence-corrected chi connectivity index (χ4v) is 10.2. The molecule has 4 aliphatic rings. The number of carbonyl (C=O) groups excluding carboxylic acids is 2. The van der Waals surface area contributed by atoms with E-state index in [0.717, 1.165) is 105 Å². The maximum absolute atomic E-state index is 12.8. The molecule has 2 saturated carbocycles. The van der Waals surface area contributed by atoms with Gasteiger partial charge in [-0.3, -0.25) is 14.6 Å². The molecule has 0 saturated heterocycles. The first kappa shape index (κ1) is 66.4. The van der Waals surface area contributed by atoms with Gasteiger partial charge in [0.15, 0.2) is 12.0 Å². The fourth-order valence-electron chi connectivity index (χ4n) is 10.2. The molecule has 13 nitrogen and oxygen atoms in total. The van der Waals surface area contributed by atoms with Gasteiger partial charge in [-0.15, -0.1) is 0 Å². The number of hydrogen-bond acceptors (Lipinski definition) is 12. The molecule has 3 aromatic heterocycles. The maximum atomic E-state index is 12.8. The van der Waals surface area contributed by atoms with Gasteiger partial charge >= 0.3 is 60.0 Å². The summed E-state index contributed by atoms with van der Waals surface area (Å²) in [6, 6.07) is 36.6. The Bertz CT molecular complexity index is 3680. The Morgan fingerprint density at radius 3 is 1.18 bits per heavy atom. The zero-order valence-corrected chi connectivity index (χ0v) is 49.7. The van der Waals surface area contributed by atoms with Gasteiger partial charge in [0.2, 0.25) is 11.2 Å². The minimum atomic E-state index is -4.36. The van der Waals surface area contributed by atoms with Crippen LogP contribution >= 0.6 is 0 Å². The molecule has 0 amide bonds. The number of aldehydes is 1. The van der Waals surface area contributed by atoms with E-state index in [0.29, 0.717) is 90.5 Å². The van der Waals surface area contributed by atoms with E-state index in [-0.39, 0.29) is 46.8 Å². The van der Waals surface area contributed by atoms with Gasteiger partial charge in [-0.05, 0) is 145 Å². The van der Waals surface area contributed by atoms with Crippen molar-refractivity contribution < 1.29 is 121 Å². The number of halogens is 9. The van der Waals surface area contributed by atoms with E-state index in [1.165, 1.54) is 72.3 Å². The molecule has 458 valence electrons. The number of carboxylic acids is 1. The van der Waals surface area contributed by atoms with Crippen LogP contribution in [-0.2, 0) is 71.6 Å². The molecule has 2 N–H and O–H groups in total. The second-order valence-corrected chi connectivity index (χ2v) is 21.5. The molecule has 0 bridgehead atoms. The molecule has 5 aromatic carbocycles. The normalized spacial score (nSPS) is 15.9. The number of carbonyl (C=O) groups is 3. The SMILES string of the molecule is COC(=O)C1(Oc2ccc3c(c2)CCN(Cc2ccc(-c4ccc(C(F)(F)F)cc4)o2)CC3)CC1.O=C(O)C1(Oc2ccc3c(c2)CCN(Cc2ccc(-c4ccc(C(F)(F)F)cc4)o2)CC3)CC1.O=Cc1ccc(-c2ccc(C(F)(F)F)cc2)o1.[Na+].[OH-]. The first-order valence-corrected chi connectivity index (χ1v) is 27.6. The zero-order chi connectivity index (χ0) is 61.0. The van der Waals surface area contributed by atoms with Crippen molar-refractivity contribution in [3.63, 3.8) is 0 Å². The Labute approximate surface area is 521 Å². The number of alkyl halides is 9. The van der Waals surface area contributed by atoms with Crippen LogP contribution in [-0.4, -0.2) is 83.1 Å². The molecule has 0 atom stereocenters. The topological polar surface area (TPSA) is 175 Å². The Hall–Kier alpha value is -7.60. The van der Waals surface area contributed by atoms with Gasteiger partial charge in [0.25, 0.3) is 0 Å². The smallest absolute Gasteiger partial charge is 0.870 e. The summed E-state index contributed by atoms with van der Waals surface area (Å²) in [5.41, 5.74) is 2.58. The number of ether oxygens (including phenoxy) is 3. The maximum Gasteiger partial charge on any atom is 1.00 e. The van der Waals surface area contributed by atoms with Crippen molar-refractivity contribution in [2.45, 2.75) is 94.2 Å². The summed E-state index contributed by atoms with van der Waals surface area (Å²) in [5, 5.41) is 9.36. The van der Waals surface area contributed by atoms with Gasteiger partial charge in [0.05, 0.1) is 36.9 Å². The number of furan rings is 3. The number of rotatable bonds is 14. The van der Waals surface area contributed by atoms with Crippen LogP contribution in [0, 0.1) is 0 Å². The Morgan fingerprint density at radius 1 is 0.500 bits per heavy atom. The van der Waals surface area contributed by atoms with E-state index in [1.807, 2.05) is 42.5 Å². The summed E-state index contributed by atoms with van der Waals surface area (Å²) in [6.45, 7) is 4.54. The van der Waals surface area contributed by atoms with Crippen molar-refractivity contribution in [1.29, 1.82) is 0 Å². The van der Waals surface area contributed by atoms with Gasteiger partial charge in [0.1, 0.15) is 40.3 Å². The quantitative estimate of drug-likeness (QED) is 0.0472. The average Bonchev–Trinajstić information content (AvgIpc) is 1.87. The predicted molar refractivity (Wildman–Crippen MR) is 298 cm³/mol. The third-order valence-electron chi connectivity index (χ3n) is 15.4. The van der Waals surface area contributed by atoms with E-state index in [4.69, 9.17) is 27.5 Å². The van der Waals surface area contributed by atoms with Crippen LogP contribution in [0.5, 0.6) is 11.5 Å². The van der Waals surface area contributed by atoms with Gasteiger partial charge < -0.3 is 38.0 Å². The molecule has 2 aliphatic heterocycles. The number of carboxylic acid groups (broad SMARTS) is 1. The van der Waals surface area contributed by atoms with E-state index in [2.05, 4.69) is 15.9 Å². The van der Waals surface area contributed by atoms with E-state index in [9.17, 15) is 59.0 Å². The number of fused-ring (bicyclic) bond motifs is 2. The molecule has 88 heavy (non-hydrogen) atoms. The van der Waals surface area contributed by atoms with Crippen LogP contribution in [0.3, 0.4) is 0 Å². The zero-order valence-electron chi connectivity index (χ0n) is 47.7. The average molecular weight is 1240 g/mol. The minimum absolute atomic E-state index is 0. The van der Waals surface area contributed by atoms with Gasteiger partial charge in [0, 0.05) is 68.6 Å². The van der Waals surface area contributed by atoms with E-state index in [1.54, 1.807) is 12.1 Å². The van der Waals surface area contributed by atoms with Crippen molar-refractivity contribution in [3.05, 3.63) is 202 Å². The molecule has 23 heteroatoms. The fraction of sp³-hybridized carbons (Fsp3) is 0.308. The Kier molecular flexibility index (Phi) is 20.7. The van der Waals surface area contributed by atoms with Crippen molar-refractivity contribution in [2.75, 3.05) is 33.3 Å². The van der Waals surface area contributed by atoms with Crippen LogP contribution in [0.2, 0.25) is 0 Å². The van der Waals surface area contributed by atoms with Crippen molar-refractivity contribution in [1.82, 2.24) is 9.80 Å². The molecule has 12 rings (SSSR count). The first-order chi connectivity index (χ1) is 41.0. The summed E-state index contributed by atoms with van der Waals surface area (Å²) in [7, 11) is 1.38. The number of nitrogens with zero attached hydrogens (tertiary/aromatic N) is 2. The van der Waals surface area contributed by atoms with Crippen LogP contribution < -0.4 is 39.0 Å². The number of aliphatic carboxylic acids is 1. The molecule has 2 aliphatic carbocycles. The van der Waals surface area contributed by atoms with Crippen molar-refractivity contribution in [2.24, 2.45) is 0 Å². The minimum Gasteiger partial charge on any atom is -0.870 e. The molecule has 5 heterocycles. The molecule has 0 radical (unpaired) electrons. The number of esters is 1. The van der Waals surface area contributed by atoms with Crippen LogP contribution in [0.1, 0.15) is 86.7 Å². The van der Waals surface area contributed by atoms with Gasteiger partial charge in [-0.25, -0.2) is 9.59 Å². The van der Waals surface area contributed by atoms with Crippen molar-refractivity contribution >= 4 is 18.2 Å². The standard InChI is InChI=1S/C27H26F3NO4.C26H24F3NO4.C12H7F3O2.Na.H2O/c1-33-25(32)26(12-13-26)35-22-7-4-18-10-14-31(15-11-20(18)16-22)17-23-8-9-24(34-23)19-2-5-21(6-3-19)27(28,29)30;27-26(28,29)20-4-1-18(2-5-20)23-8-7-22(33-23)16-30-13-9-17-3-6-21(15-19(17)10-14-30)34-25(11-12-25)24(31)32;13-12(14,15)9-3-1-8(2-4-9)11-6-5-10(7-16)17-11;;/h2-9,16H,10-15,17H2,1H3;1-8,15H,9-14,16H2,(H,31,32);1-7H;;1H2/q;;;+1;/p-1. The summed E-state index contributed by atoms with van der Waals surface area (Å²) in [4.78, 5) is 38.4. The first-order valence-electron chi connectivity index (χ1n) is 27.6. The molecular weight excluding hydrogens is 1180 g/mol. The summed E-state index contributed by atoms with van der Waals surface area (Å²) >= 11 is 0. The van der Waals surface area contributed by atoms with E-state index >= 15 is 0 Å². The second-order valence-electron chi connectivity index (χ2n) is 21.5. The molecular formula is C65H58F9N2NaO11. The van der Waals surface area contributed by atoms with Crippen LogP contribution in [0.15, 0.2) is 159 Å². The third-order valence-corrected chi connectivity index (χ3v) is 15.4. The Balaban J connectivity index is 0.000000179. The summed E-state index contributed by atoms with van der Waals surface area (Å²) in [6.07, 6.45) is -6.76. The Morgan fingerprint density at radius 2 is 0.852 bits per heavy atom. The molecule has 0 spiro atoms. The number of benzene rings is 5. The summed E-state index contributed by atoms with van der Waals surface area (Å²) < 4.78 is 147. The van der Waals surface area contributed by atoms with Gasteiger partial charge in [-0.2, -0.15) is 39.5 Å². The molecule has 2 fully saturated rings. The molecule has 0 unspecified atom stereocenters. The summed E-state index contributed by atoms with van der Waals surface area (Å²) in [5.74, 6) is 3.15. The van der Waals surface area contributed by atoms with Crippen molar-refractivity contribution in [3.8, 4) is 45.5 Å².